The summed E-state index contributed by atoms with van der Waals surface area (Å²) in [6.45, 7) is 3.74. The Labute approximate surface area is 201 Å². The first-order valence-corrected chi connectivity index (χ1v) is 11.6. The van der Waals surface area contributed by atoms with Crippen molar-refractivity contribution in [3.05, 3.63) is 77.0 Å². The summed E-state index contributed by atoms with van der Waals surface area (Å²) >= 11 is 6.06. The van der Waals surface area contributed by atoms with Gasteiger partial charge in [-0.2, -0.15) is 0 Å². The fraction of sp³-hybridized carbons (Fsp3) is 0.280. The fourth-order valence-electron chi connectivity index (χ4n) is 4.25. The minimum absolute atomic E-state index is 0.0138. The largest absolute Gasteiger partial charge is 0.356 e. The molecule has 9 heteroatoms. The van der Waals surface area contributed by atoms with E-state index < -0.39 is 5.82 Å². The molecule has 2 aromatic carbocycles. The fourth-order valence-corrected chi connectivity index (χ4v) is 4.49. The summed E-state index contributed by atoms with van der Waals surface area (Å²) in [5.74, 6) is 0.333. The normalized spacial score (nSPS) is 14.5. The third-order valence-corrected chi connectivity index (χ3v) is 6.58. The van der Waals surface area contributed by atoms with Gasteiger partial charge < -0.3 is 10.2 Å². The first kappa shape index (κ1) is 22.3. The number of carbonyl (C=O) groups excluding carboxylic acids is 1. The molecule has 4 aromatic rings. The highest BCUT2D eigenvalue weighted by Gasteiger charge is 2.27. The summed E-state index contributed by atoms with van der Waals surface area (Å²) in [4.78, 5) is 23.8. The zero-order valence-electron chi connectivity index (χ0n) is 18.7. The maximum absolute atomic E-state index is 13.2. The predicted octanol–water partition coefficient (Wildman–Crippen LogP) is 4.45. The lowest BCUT2D eigenvalue weighted by molar-refractivity contribution is -0.125. The average Bonchev–Trinajstić information content (AvgIpc) is 3.28. The topological polar surface area (TPSA) is 75.9 Å². The van der Waals surface area contributed by atoms with Crippen molar-refractivity contribution in [3.63, 3.8) is 0 Å². The molecule has 0 unspecified atom stereocenters. The third kappa shape index (κ3) is 4.59. The molecule has 1 N–H and O–H groups in total. The molecule has 0 atom stereocenters. The quantitative estimate of drug-likeness (QED) is 0.458. The lowest BCUT2D eigenvalue weighted by Gasteiger charge is -2.32. The van der Waals surface area contributed by atoms with Crippen molar-refractivity contribution in [1.82, 2.24) is 25.1 Å². The van der Waals surface area contributed by atoms with E-state index in [2.05, 4.69) is 32.2 Å². The monoisotopic (exact) mass is 478 g/mol. The number of hydrogen-bond donors (Lipinski definition) is 1. The number of carbonyl (C=O) groups is 1. The van der Waals surface area contributed by atoms with Crippen LogP contribution >= 0.6 is 11.6 Å². The summed E-state index contributed by atoms with van der Waals surface area (Å²) in [6.07, 6.45) is 4.91. The number of nitrogens with one attached hydrogen (secondary N) is 1. The summed E-state index contributed by atoms with van der Waals surface area (Å²) in [7, 11) is 0. The molecule has 1 saturated heterocycles. The second-order valence-electron chi connectivity index (χ2n) is 8.56. The van der Waals surface area contributed by atoms with Crippen LogP contribution in [0.25, 0.3) is 16.7 Å². The highest BCUT2D eigenvalue weighted by Crippen LogP contribution is 2.28. The molecule has 174 valence electrons. The summed E-state index contributed by atoms with van der Waals surface area (Å²) in [5.41, 5.74) is 3.49. The standard InChI is InChI=1S/C25H24ClFN6O/c1-16-2-6-20(7-3-16)33-14-21-23(31-33)29-15-30-24(21)32-10-8-17(9-11-32)25(34)28-13-18-4-5-19(27)12-22(18)26/h2-7,12,14-15,17H,8-11,13H2,1H3,(H,28,34). The van der Waals surface area contributed by atoms with Crippen LogP contribution in [-0.4, -0.2) is 38.7 Å². The molecule has 2 aromatic heterocycles. The third-order valence-electron chi connectivity index (χ3n) is 6.23. The van der Waals surface area contributed by atoms with Gasteiger partial charge in [-0.3, -0.25) is 4.79 Å². The second-order valence-corrected chi connectivity index (χ2v) is 8.97. The van der Waals surface area contributed by atoms with Gasteiger partial charge in [0.25, 0.3) is 0 Å². The predicted molar refractivity (Wildman–Crippen MR) is 130 cm³/mol. The van der Waals surface area contributed by atoms with Crippen molar-refractivity contribution in [2.45, 2.75) is 26.3 Å². The lowest BCUT2D eigenvalue weighted by Crippen LogP contribution is -2.40. The number of halogens is 2. The van der Waals surface area contributed by atoms with Crippen LogP contribution in [0, 0.1) is 18.7 Å². The molecule has 0 saturated carbocycles. The van der Waals surface area contributed by atoms with Gasteiger partial charge in [0.2, 0.25) is 5.91 Å². The van der Waals surface area contributed by atoms with E-state index in [1.54, 1.807) is 6.07 Å². The average molecular weight is 479 g/mol. The van der Waals surface area contributed by atoms with Crippen LogP contribution in [0.1, 0.15) is 24.0 Å². The summed E-state index contributed by atoms with van der Waals surface area (Å²) in [5, 5.41) is 8.75. The zero-order valence-corrected chi connectivity index (χ0v) is 19.5. The van der Waals surface area contributed by atoms with E-state index in [0.29, 0.717) is 42.2 Å². The molecule has 0 radical (unpaired) electrons. The maximum atomic E-state index is 13.2. The lowest BCUT2D eigenvalue weighted by atomic mass is 9.95. The molecule has 3 heterocycles. The van der Waals surface area contributed by atoms with Gasteiger partial charge in [0, 0.05) is 36.8 Å². The van der Waals surface area contributed by atoms with Gasteiger partial charge in [-0.1, -0.05) is 35.4 Å². The molecule has 5 rings (SSSR count). The number of hydrogen-bond acceptors (Lipinski definition) is 5. The molecule has 1 fully saturated rings. The first-order valence-electron chi connectivity index (χ1n) is 11.2. The number of anilines is 1. The Kier molecular flexibility index (Phi) is 6.15. The Morgan fingerprint density at radius 3 is 2.65 bits per heavy atom. The van der Waals surface area contributed by atoms with E-state index in [-0.39, 0.29) is 18.4 Å². The van der Waals surface area contributed by atoms with Crippen LogP contribution in [0.15, 0.2) is 55.0 Å². The number of rotatable bonds is 5. The number of fused-ring (bicyclic) bond motifs is 1. The molecule has 7 nitrogen and oxygen atoms in total. The van der Waals surface area contributed by atoms with Crippen LogP contribution in [0.5, 0.6) is 0 Å². The van der Waals surface area contributed by atoms with E-state index in [1.807, 2.05) is 35.1 Å². The summed E-state index contributed by atoms with van der Waals surface area (Å²) in [6, 6.07) is 12.3. The van der Waals surface area contributed by atoms with Gasteiger partial charge in [-0.25, -0.2) is 19.0 Å². The van der Waals surface area contributed by atoms with E-state index in [4.69, 9.17) is 11.6 Å². The molecule has 1 amide bonds. The van der Waals surface area contributed by atoms with Gasteiger partial charge in [-0.15, -0.1) is 5.10 Å². The van der Waals surface area contributed by atoms with Crippen molar-refractivity contribution < 1.29 is 9.18 Å². The molecule has 0 aliphatic carbocycles. The van der Waals surface area contributed by atoms with Crippen LogP contribution in [-0.2, 0) is 11.3 Å². The van der Waals surface area contributed by atoms with Crippen LogP contribution in [0.4, 0.5) is 10.2 Å². The number of nitrogens with zero attached hydrogens (tertiary/aromatic N) is 5. The van der Waals surface area contributed by atoms with E-state index in [9.17, 15) is 9.18 Å². The van der Waals surface area contributed by atoms with Crippen molar-refractivity contribution in [3.8, 4) is 5.69 Å². The Hall–Kier alpha value is -3.52. The molecule has 1 aliphatic rings. The summed E-state index contributed by atoms with van der Waals surface area (Å²) < 4.78 is 15.0. The Morgan fingerprint density at radius 2 is 1.91 bits per heavy atom. The van der Waals surface area contributed by atoms with Crippen LogP contribution < -0.4 is 10.2 Å². The highest BCUT2D eigenvalue weighted by atomic mass is 35.5. The molecular weight excluding hydrogens is 455 g/mol. The smallest absolute Gasteiger partial charge is 0.223 e. The molecule has 0 bridgehead atoms. The maximum Gasteiger partial charge on any atom is 0.223 e. The minimum Gasteiger partial charge on any atom is -0.356 e. The van der Waals surface area contributed by atoms with Crippen molar-refractivity contribution in [1.29, 1.82) is 0 Å². The van der Waals surface area contributed by atoms with Gasteiger partial charge in [0.05, 0.1) is 11.1 Å². The molecule has 0 spiro atoms. The van der Waals surface area contributed by atoms with Crippen LogP contribution in [0.2, 0.25) is 5.02 Å². The Morgan fingerprint density at radius 1 is 1.15 bits per heavy atom. The van der Waals surface area contributed by atoms with Gasteiger partial charge in [-0.05, 0) is 49.6 Å². The Bertz CT molecular complexity index is 1330. The number of aryl methyl sites for hydroxylation is 1. The van der Waals surface area contributed by atoms with Gasteiger partial charge in [0.1, 0.15) is 18.0 Å². The Balaban J connectivity index is 1.25. The number of benzene rings is 2. The van der Waals surface area contributed by atoms with Gasteiger partial charge in [0.15, 0.2) is 5.65 Å². The molecule has 34 heavy (non-hydrogen) atoms. The number of piperidine rings is 1. The van der Waals surface area contributed by atoms with Crippen molar-refractivity contribution >= 4 is 34.4 Å². The first-order chi connectivity index (χ1) is 16.5. The highest BCUT2D eigenvalue weighted by molar-refractivity contribution is 6.31. The van der Waals surface area contributed by atoms with E-state index >= 15 is 0 Å². The van der Waals surface area contributed by atoms with Gasteiger partial charge >= 0.3 is 0 Å². The minimum atomic E-state index is -0.393. The SMILES string of the molecule is Cc1ccc(-n2cc3c(N4CCC(C(=O)NCc5ccc(F)cc5Cl)CC4)ncnc3n2)cc1. The molecule has 1 aliphatic heterocycles. The molecular formula is C25H24ClFN6O. The van der Waals surface area contributed by atoms with E-state index in [1.165, 1.54) is 24.0 Å². The number of aromatic nitrogens is 4. The van der Waals surface area contributed by atoms with Crippen molar-refractivity contribution in [2.24, 2.45) is 5.92 Å². The van der Waals surface area contributed by atoms with E-state index in [0.717, 1.165) is 16.9 Å². The van der Waals surface area contributed by atoms with Crippen molar-refractivity contribution in [2.75, 3.05) is 18.0 Å². The second kappa shape index (κ2) is 9.38. The number of amides is 1. The zero-order chi connectivity index (χ0) is 23.7. The van der Waals surface area contributed by atoms with Crippen LogP contribution in [0.3, 0.4) is 0 Å².